The first-order valence-corrected chi connectivity index (χ1v) is 12.3. The number of piperazine rings is 1. The largest absolute Gasteiger partial charge is 0.353 e. The van der Waals surface area contributed by atoms with E-state index in [-0.39, 0.29) is 17.5 Å². The van der Waals surface area contributed by atoms with Gasteiger partial charge in [0.1, 0.15) is 15.8 Å². The highest BCUT2D eigenvalue weighted by Gasteiger charge is 2.35. The summed E-state index contributed by atoms with van der Waals surface area (Å²) >= 11 is 6.74. The smallest absolute Gasteiger partial charge is 0.267 e. The summed E-state index contributed by atoms with van der Waals surface area (Å²) in [5.74, 6) is 0.508. The fourth-order valence-electron chi connectivity index (χ4n) is 4.06. The number of carbonyl (C=O) groups is 1. The predicted octanol–water partition coefficient (Wildman–Crippen LogP) is 3.14. The summed E-state index contributed by atoms with van der Waals surface area (Å²) < 4.78 is 2.11. The molecule has 0 aliphatic carbocycles. The van der Waals surface area contributed by atoms with Crippen LogP contribution in [0.5, 0.6) is 0 Å². The van der Waals surface area contributed by atoms with E-state index in [1.54, 1.807) is 21.6 Å². The molecule has 4 rings (SSSR count). The first-order chi connectivity index (χ1) is 15.3. The number of aromatic nitrogens is 2. The highest BCUT2D eigenvalue weighted by Crippen LogP contribution is 2.35. The molecule has 0 N–H and O–H groups in total. The summed E-state index contributed by atoms with van der Waals surface area (Å²) in [6.07, 6.45) is 4.31. The SMILES string of the molecule is CC[C@H](C)N1C(=O)/C(=C/c2c(N3CCN(CC)CC3)nc3ccc(C)cn3c2=O)SC1=S. The third kappa shape index (κ3) is 4.21. The summed E-state index contributed by atoms with van der Waals surface area (Å²) in [4.78, 5) is 38.2. The van der Waals surface area contributed by atoms with Gasteiger partial charge in [0.25, 0.3) is 11.5 Å². The van der Waals surface area contributed by atoms with Crippen LogP contribution in [0.2, 0.25) is 0 Å². The molecule has 2 aromatic heterocycles. The Morgan fingerprint density at radius 1 is 1.19 bits per heavy atom. The quantitative estimate of drug-likeness (QED) is 0.490. The molecule has 0 unspecified atom stereocenters. The standard InChI is InChI=1S/C23H29N5O2S2/c1-5-16(4)28-22(30)18(32-23(28)31)13-17-20(26-11-9-25(6-2)10-12-26)24-19-8-7-15(3)14-27(19)21(17)29/h7-8,13-14,16H,5-6,9-12H2,1-4H3/b18-13-/t16-/m0/s1. The van der Waals surface area contributed by atoms with Crippen molar-refractivity contribution in [1.82, 2.24) is 19.2 Å². The van der Waals surface area contributed by atoms with Crippen molar-refractivity contribution in [2.24, 2.45) is 0 Å². The molecule has 170 valence electrons. The molecule has 9 heteroatoms. The van der Waals surface area contributed by atoms with E-state index in [2.05, 4.69) is 16.7 Å². The first-order valence-electron chi connectivity index (χ1n) is 11.1. The van der Waals surface area contributed by atoms with Gasteiger partial charge in [-0.3, -0.25) is 18.9 Å². The van der Waals surface area contributed by atoms with Crippen molar-refractivity contribution in [2.75, 3.05) is 37.6 Å². The lowest BCUT2D eigenvalue weighted by Crippen LogP contribution is -2.47. The molecule has 1 atom stereocenters. The zero-order valence-electron chi connectivity index (χ0n) is 19.0. The normalized spacial score (nSPS) is 20.1. The van der Waals surface area contributed by atoms with Gasteiger partial charge < -0.3 is 9.80 Å². The molecule has 32 heavy (non-hydrogen) atoms. The van der Waals surface area contributed by atoms with Crippen molar-refractivity contribution in [3.05, 3.63) is 44.7 Å². The van der Waals surface area contributed by atoms with Gasteiger partial charge in [-0.1, -0.05) is 43.9 Å². The molecule has 4 heterocycles. The predicted molar refractivity (Wildman–Crippen MR) is 135 cm³/mol. The first kappa shape index (κ1) is 22.9. The lowest BCUT2D eigenvalue weighted by molar-refractivity contribution is -0.123. The zero-order chi connectivity index (χ0) is 23.0. The molecule has 0 radical (unpaired) electrons. The lowest BCUT2D eigenvalue weighted by atomic mass is 10.2. The average Bonchev–Trinajstić information content (AvgIpc) is 3.08. The Kier molecular flexibility index (Phi) is 6.69. The van der Waals surface area contributed by atoms with Crippen LogP contribution >= 0.6 is 24.0 Å². The Balaban J connectivity index is 1.83. The minimum Gasteiger partial charge on any atom is -0.353 e. The maximum atomic E-state index is 13.6. The highest BCUT2D eigenvalue weighted by atomic mass is 32.2. The van der Waals surface area contributed by atoms with Crippen molar-refractivity contribution in [2.45, 2.75) is 40.2 Å². The Bertz CT molecular complexity index is 1150. The number of hydrogen-bond acceptors (Lipinski definition) is 7. The molecule has 0 saturated carbocycles. The monoisotopic (exact) mass is 471 g/mol. The number of hydrogen-bond donors (Lipinski definition) is 0. The van der Waals surface area contributed by atoms with Gasteiger partial charge >= 0.3 is 0 Å². The number of anilines is 1. The van der Waals surface area contributed by atoms with Gasteiger partial charge in [-0.2, -0.15) is 0 Å². The van der Waals surface area contributed by atoms with Gasteiger partial charge in [0.2, 0.25) is 0 Å². The highest BCUT2D eigenvalue weighted by molar-refractivity contribution is 8.26. The van der Waals surface area contributed by atoms with Crippen molar-refractivity contribution in [3.8, 4) is 0 Å². The summed E-state index contributed by atoms with van der Waals surface area (Å²) in [6, 6.07) is 3.85. The lowest BCUT2D eigenvalue weighted by Gasteiger charge is -2.35. The molecule has 2 aliphatic rings. The number of likely N-dealkylation sites (N-methyl/N-ethyl adjacent to an activating group) is 1. The molecule has 1 amide bonds. The van der Waals surface area contributed by atoms with E-state index < -0.39 is 0 Å². The Hall–Kier alpha value is -2.23. The van der Waals surface area contributed by atoms with Crippen molar-refractivity contribution < 1.29 is 4.79 Å². The Morgan fingerprint density at radius 2 is 1.91 bits per heavy atom. The van der Waals surface area contributed by atoms with E-state index in [0.29, 0.717) is 26.3 Å². The molecule has 7 nitrogen and oxygen atoms in total. The van der Waals surface area contributed by atoms with Crippen LogP contribution in [0.25, 0.3) is 11.7 Å². The van der Waals surface area contributed by atoms with Crippen molar-refractivity contribution in [3.63, 3.8) is 0 Å². The van der Waals surface area contributed by atoms with Crippen LogP contribution in [0.4, 0.5) is 5.82 Å². The van der Waals surface area contributed by atoms with E-state index in [0.717, 1.165) is 44.7 Å². The van der Waals surface area contributed by atoms with Crippen LogP contribution in [-0.2, 0) is 4.79 Å². The maximum absolute atomic E-state index is 13.6. The van der Waals surface area contributed by atoms with E-state index >= 15 is 0 Å². The molecule has 2 aromatic rings. The van der Waals surface area contributed by atoms with Crippen LogP contribution in [0.3, 0.4) is 0 Å². The zero-order valence-corrected chi connectivity index (χ0v) is 20.6. The molecular formula is C23H29N5O2S2. The number of thioether (sulfide) groups is 1. The van der Waals surface area contributed by atoms with E-state index in [4.69, 9.17) is 17.2 Å². The molecular weight excluding hydrogens is 442 g/mol. The minimum absolute atomic E-state index is 0.0217. The van der Waals surface area contributed by atoms with Gasteiger partial charge in [0.05, 0.1) is 10.5 Å². The number of rotatable bonds is 5. The summed E-state index contributed by atoms with van der Waals surface area (Å²) in [7, 11) is 0. The van der Waals surface area contributed by atoms with Crippen molar-refractivity contribution >= 4 is 51.7 Å². The molecule has 0 spiro atoms. The third-order valence-corrected chi connectivity index (χ3v) is 7.57. The summed E-state index contributed by atoms with van der Waals surface area (Å²) in [5.41, 5.74) is 1.86. The van der Waals surface area contributed by atoms with Crippen LogP contribution in [0.1, 0.15) is 38.3 Å². The van der Waals surface area contributed by atoms with Crippen LogP contribution in [0, 0.1) is 6.92 Å². The summed E-state index contributed by atoms with van der Waals surface area (Å²) in [5, 5.41) is 0. The number of aryl methyl sites for hydroxylation is 1. The number of pyridine rings is 1. The summed E-state index contributed by atoms with van der Waals surface area (Å²) in [6.45, 7) is 12.5. The number of nitrogens with zero attached hydrogens (tertiary/aromatic N) is 5. The van der Waals surface area contributed by atoms with Gasteiger partial charge in [0, 0.05) is 38.4 Å². The molecule has 2 fully saturated rings. The fourth-order valence-corrected chi connectivity index (χ4v) is 5.51. The molecule has 0 bridgehead atoms. The van der Waals surface area contributed by atoms with Crippen LogP contribution < -0.4 is 10.5 Å². The van der Waals surface area contributed by atoms with Crippen molar-refractivity contribution in [1.29, 1.82) is 0 Å². The maximum Gasteiger partial charge on any atom is 0.267 e. The Labute approximate surface area is 198 Å². The Morgan fingerprint density at radius 3 is 2.56 bits per heavy atom. The fraction of sp³-hybridized carbons (Fsp3) is 0.478. The number of thiocarbonyl (C=S) groups is 1. The molecule has 0 aromatic carbocycles. The second-order valence-electron chi connectivity index (χ2n) is 8.32. The van der Waals surface area contributed by atoms with Gasteiger partial charge in [-0.15, -0.1) is 0 Å². The van der Waals surface area contributed by atoms with Gasteiger partial charge in [-0.25, -0.2) is 4.98 Å². The van der Waals surface area contributed by atoms with Gasteiger partial charge in [0.15, 0.2) is 0 Å². The topological polar surface area (TPSA) is 61.2 Å². The molecule has 2 saturated heterocycles. The van der Waals surface area contributed by atoms with E-state index in [1.807, 2.05) is 32.9 Å². The number of carbonyl (C=O) groups excluding carboxylic acids is 1. The minimum atomic E-state index is -0.166. The van der Waals surface area contributed by atoms with E-state index in [9.17, 15) is 9.59 Å². The second kappa shape index (κ2) is 9.33. The average molecular weight is 472 g/mol. The van der Waals surface area contributed by atoms with Gasteiger partial charge in [-0.05, 0) is 44.5 Å². The van der Waals surface area contributed by atoms with Crippen LogP contribution in [-0.4, -0.2) is 68.2 Å². The number of fused-ring (bicyclic) bond motifs is 1. The third-order valence-electron chi connectivity index (χ3n) is 6.24. The molecule has 2 aliphatic heterocycles. The second-order valence-corrected chi connectivity index (χ2v) is 9.99. The van der Waals surface area contributed by atoms with E-state index in [1.165, 1.54) is 11.8 Å². The van der Waals surface area contributed by atoms with Crippen LogP contribution in [0.15, 0.2) is 28.0 Å². The number of amides is 1.